The second-order valence-electron chi connectivity index (χ2n) is 8.13. The van der Waals surface area contributed by atoms with Crippen molar-refractivity contribution < 1.29 is 19.4 Å². The summed E-state index contributed by atoms with van der Waals surface area (Å²) in [5.41, 5.74) is 1.33. The molecule has 0 saturated carbocycles. The average Bonchev–Trinajstić information content (AvgIpc) is 3.17. The summed E-state index contributed by atoms with van der Waals surface area (Å²) in [6.45, 7) is 8.25. The highest BCUT2D eigenvalue weighted by Crippen LogP contribution is 2.24. The lowest BCUT2D eigenvalue weighted by atomic mass is 9.98. The van der Waals surface area contributed by atoms with Gasteiger partial charge >= 0.3 is 0 Å². The molecule has 7 nitrogen and oxygen atoms in total. The minimum Gasteiger partial charge on any atom is -0.352 e. The number of aromatic nitrogens is 2. The molecule has 0 unspecified atom stereocenters. The maximum Gasteiger partial charge on any atom is 0.272 e. The summed E-state index contributed by atoms with van der Waals surface area (Å²) in [5, 5.41) is 8.99. The first-order chi connectivity index (χ1) is 14.1. The lowest BCUT2D eigenvalue weighted by molar-refractivity contribution is -0.133. The molecule has 1 fully saturated rings. The molecule has 0 atom stereocenters. The Morgan fingerprint density at radius 2 is 1.97 bits per heavy atom. The molecule has 1 aromatic carbocycles. The summed E-state index contributed by atoms with van der Waals surface area (Å²) in [6.07, 6.45) is 3.26. The second kappa shape index (κ2) is 8.22. The number of nitrogens with one attached hydrogen (secondary N) is 2. The zero-order valence-electron chi connectivity index (χ0n) is 17.6. The number of amides is 2. The normalized spacial score (nSPS) is 16.5. The molecule has 1 aromatic heterocycles. The van der Waals surface area contributed by atoms with Crippen LogP contribution in [-0.2, 0) is 4.79 Å². The maximum atomic E-state index is 13.2. The van der Waals surface area contributed by atoms with E-state index in [2.05, 4.69) is 15.3 Å². The van der Waals surface area contributed by atoms with Crippen molar-refractivity contribution in [1.29, 1.82) is 0 Å². The van der Waals surface area contributed by atoms with Crippen molar-refractivity contribution in [2.24, 2.45) is 5.92 Å². The van der Waals surface area contributed by atoms with Crippen LogP contribution in [0.1, 0.15) is 49.6 Å². The van der Waals surface area contributed by atoms with Gasteiger partial charge in [-0.05, 0) is 44.0 Å². The molecular formula is C22H27FN5O2+. The van der Waals surface area contributed by atoms with Gasteiger partial charge in [-0.3, -0.25) is 15.0 Å². The van der Waals surface area contributed by atoms with Gasteiger partial charge in [0.2, 0.25) is 11.6 Å². The van der Waals surface area contributed by atoms with Gasteiger partial charge in [0.1, 0.15) is 22.9 Å². The van der Waals surface area contributed by atoms with Gasteiger partial charge in [-0.15, -0.1) is 0 Å². The van der Waals surface area contributed by atoms with Crippen LogP contribution in [0.25, 0.3) is 5.57 Å². The van der Waals surface area contributed by atoms with Crippen molar-refractivity contribution in [2.75, 3.05) is 13.1 Å². The number of rotatable bonds is 5. The van der Waals surface area contributed by atoms with Crippen molar-refractivity contribution in [3.05, 3.63) is 59.4 Å². The molecule has 2 heterocycles. The predicted octanol–water partition coefficient (Wildman–Crippen LogP) is 1.19. The van der Waals surface area contributed by atoms with Gasteiger partial charge in [0.15, 0.2) is 0 Å². The molecule has 0 radical (unpaired) electrons. The van der Waals surface area contributed by atoms with Crippen molar-refractivity contribution in [3.8, 4) is 0 Å². The Morgan fingerprint density at radius 1 is 1.30 bits per heavy atom. The Bertz CT molecular complexity index is 1000. The zero-order valence-corrected chi connectivity index (χ0v) is 17.6. The van der Waals surface area contributed by atoms with E-state index in [1.165, 1.54) is 18.3 Å². The summed E-state index contributed by atoms with van der Waals surface area (Å²) in [6, 6.07) is 5.93. The van der Waals surface area contributed by atoms with E-state index < -0.39 is 5.54 Å². The van der Waals surface area contributed by atoms with Crippen LogP contribution in [0.2, 0.25) is 0 Å². The van der Waals surface area contributed by atoms with E-state index in [9.17, 15) is 14.0 Å². The standard InChI is InChI=1S/C22H26FN5O2/c1-13(2)16(11-17(24)14-5-7-15(23)8-6-14)19-26-12-18(27-19)20(29)28-10-9-25-21(30)22(28,3)4/h5-8,11-13,24H,9-10H2,1-4H3,(H,25,30)(H,26,27)/p+1/b16-11-,24-17?. The first-order valence-electron chi connectivity index (χ1n) is 9.87. The fraction of sp³-hybridized carbons (Fsp3) is 0.364. The minimum atomic E-state index is -0.946. The molecule has 8 heteroatoms. The van der Waals surface area contributed by atoms with Crippen LogP contribution < -0.4 is 10.7 Å². The van der Waals surface area contributed by atoms with Gasteiger partial charge in [-0.25, -0.2) is 9.37 Å². The lowest BCUT2D eigenvalue weighted by Gasteiger charge is -2.40. The summed E-state index contributed by atoms with van der Waals surface area (Å²) < 4.78 is 13.2. The Morgan fingerprint density at radius 3 is 2.60 bits per heavy atom. The van der Waals surface area contributed by atoms with E-state index in [0.29, 0.717) is 35.9 Å². The summed E-state index contributed by atoms with van der Waals surface area (Å²) in [5.74, 6) is -0.213. The number of piperazine rings is 1. The van der Waals surface area contributed by atoms with Crippen LogP contribution >= 0.6 is 0 Å². The van der Waals surface area contributed by atoms with Crippen LogP contribution in [-0.4, -0.2) is 51.0 Å². The third kappa shape index (κ3) is 4.17. The molecule has 3 rings (SSSR count). The summed E-state index contributed by atoms with van der Waals surface area (Å²) in [4.78, 5) is 34.2. The average molecular weight is 412 g/mol. The number of nitrogens with two attached hydrogens (primary N) is 1. The molecule has 0 aliphatic carbocycles. The van der Waals surface area contributed by atoms with Crippen molar-refractivity contribution >= 4 is 23.1 Å². The number of nitrogens with zero attached hydrogens (tertiary/aromatic N) is 2. The van der Waals surface area contributed by atoms with Gasteiger partial charge < -0.3 is 15.2 Å². The predicted molar refractivity (Wildman–Crippen MR) is 112 cm³/mol. The Labute approximate surface area is 174 Å². The number of imidazole rings is 1. The third-order valence-electron chi connectivity index (χ3n) is 5.29. The number of carbonyl (C=O) groups is 2. The Hall–Kier alpha value is -3.29. The van der Waals surface area contributed by atoms with Crippen molar-refractivity contribution in [3.63, 3.8) is 0 Å². The van der Waals surface area contributed by atoms with E-state index >= 15 is 0 Å². The smallest absolute Gasteiger partial charge is 0.272 e. The molecular weight excluding hydrogens is 385 g/mol. The second-order valence-corrected chi connectivity index (χ2v) is 8.13. The van der Waals surface area contributed by atoms with Crippen LogP contribution in [0, 0.1) is 11.7 Å². The number of carbonyl (C=O) groups excluding carboxylic acids is 2. The van der Waals surface area contributed by atoms with E-state index in [0.717, 1.165) is 5.57 Å². The number of hydrogen-bond acceptors (Lipinski definition) is 3. The van der Waals surface area contributed by atoms with E-state index in [1.807, 2.05) is 13.8 Å². The molecule has 30 heavy (non-hydrogen) atoms. The quantitative estimate of drug-likeness (QED) is 0.643. The minimum absolute atomic E-state index is 0.0651. The molecule has 0 spiro atoms. The highest BCUT2D eigenvalue weighted by atomic mass is 19.1. The van der Waals surface area contributed by atoms with Gasteiger partial charge in [-0.2, -0.15) is 0 Å². The Balaban J connectivity index is 1.88. The number of H-pyrrole nitrogens is 1. The van der Waals surface area contributed by atoms with Crippen LogP contribution in [0.3, 0.4) is 0 Å². The van der Waals surface area contributed by atoms with E-state index in [-0.39, 0.29) is 23.5 Å². The molecule has 4 N–H and O–H groups in total. The van der Waals surface area contributed by atoms with Gasteiger partial charge in [-0.1, -0.05) is 13.8 Å². The maximum absolute atomic E-state index is 13.2. The number of allylic oxidation sites excluding steroid dienone is 2. The zero-order chi connectivity index (χ0) is 22.1. The highest BCUT2D eigenvalue weighted by Gasteiger charge is 2.41. The molecule has 2 aromatic rings. The molecule has 1 aliphatic heterocycles. The summed E-state index contributed by atoms with van der Waals surface area (Å²) in [7, 11) is 0. The SMILES string of the molecule is CC(C)/C(=C/C(=[NH2+])c1ccc(F)cc1)c1ncc(C(=O)N2CCNC(=O)C2(C)C)[nH]1. The van der Waals surface area contributed by atoms with Crippen LogP contribution in [0.5, 0.6) is 0 Å². The first kappa shape index (κ1) is 21.4. The van der Waals surface area contributed by atoms with Crippen LogP contribution in [0.4, 0.5) is 4.39 Å². The fourth-order valence-electron chi connectivity index (χ4n) is 3.38. The third-order valence-corrected chi connectivity index (χ3v) is 5.29. The number of benzene rings is 1. The molecule has 1 saturated heterocycles. The summed E-state index contributed by atoms with van der Waals surface area (Å²) >= 11 is 0. The molecule has 2 amide bonds. The van der Waals surface area contributed by atoms with Gasteiger partial charge in [0.25, 0.3) is 5.91 Å². The van der Waals surface area contributed by atoms with E-state index in [1.54, 1.807) is 37.0 Å². The largest absolute Gasteiger partial charge is 0.352 e. The van der Waals surface area contributed by atoms with E-state index in [4.69, 9.17) is 5.41 Å². The fourth-order valence-corrected chi connectivity index (χ4v) is 3.38. The molecule has 1 aliphatic rings. The topological polar surface area (TPSA) is 104 Å². The van der Waals surface area contributed by atoms with Gasteiger partial charge in [0, 0.05) is 30.3 Å². The monoisotopic (exact) mass is 412 g/mol. The number of hydrogen-bond donors (Lipinski definition) is 3. The lowest BCUT2D eigenvalue weighted by Crippen LogP contribution is -2.63. The van der Waals surface area contributed by atoms with Gasteiger partial charge in [0.05, 0.1) is 6.20 Å². The molecule has 0 bridgehead atoms. The van der Waals surface area contributed by atoms with Crippen molar-refractivity contribution in [2.45, 2.75) is 33.2 Å². The van der Waals surface area contributed by atoms with Crippen molar-refractivity contribution in [1.82, 2.24) is 20.2 Å². The first-order valence-corrected chi connectivity index (χ1v) is 9.87. The highest BCUT2D eigenvalue weighted by molar-refractivity contribution is 6.08. The van der Waals surface area contributed by atoms with Crippen LogP contribution in [0.15, 0.2) is 36.5 Å². The number of aromatic amines is 1. The number of halogens is 1. The Kier molecular flexibility index (Phi) is 5.87. The molecule has 158 valence electrons.